The Morgan fingerprint density at radius 1 is 1.20 bits per heavy atom. The Morgan fingerprint density at radius 3 is 2.67 bits per heavy atom. The van der Waals surface area contributed by atoms with Gasteiger partial charge in [-0.3, -0.25) is 4.79 Å². The number of rotatable bonds is 2. The average molecular weight is 241 g/mol. The van der Waals surface area contributed by atoms with Gasteiger partial charge in [0, 0.05) is 21.2 Å². The summed E-state index contributed by atoms with van der Waals surface area (Å²) in [6.45, 7) is 0. The van der Waals surface area contributed by atoms with Gasteiger partial charge in [0.15, 0.2) is 12.0 Å². The summed E-state index contributed by atoms with van der Waals surface area (Å²) in [4.78, 5) is 10.5. The summed E-state index contributed by atoms with van der Waals surface area (Å²) >= 11 is 11.8. The standard InChI is InChI=1S/C11H6Cl2O2/c12-8-1-2-11(13)10(4-8)7-3-9(5-14)15-6-7/h1-6H. The van der Waals surface area contributed by atoms with Crippen LogP contribution >= 0.6 is 23.2 Å². The molecular weight excluding hydrogens is 235 g/mol. The molecule has 4 heteroatoms. The summed E-state index contributed by atoms with van der Waals surface area (Å²) in [6.07, 6.45) is 2.11. The minimum atomic E-state index is 0.265. The number of carbonyl (C=O) groups excluding carboxylic acids is 1. The molecule has 0 saturated carbocycles. The van der Waals surface area contributed by atoms with Crippen LogP contribution in [0.5, 0.6) is 0 Å². The normalized spacial score (nSPS) is 10.3. The lowest BCUT2D eigenvalue weighted by molar-refractivity contribution is 0.110. The SMILES string of the molecule is O=Cc1cc(-c2cc(Cl)ccc2Cl)co1. The highest BCUT2D eigenvalue weighted by atomic mass is 35.5. The van der Waals surface area contributed by atoms with Gasteiger partial charge < -0.3 is 4.42 Å². The highest BCUT2D eigenvalue weighted by Gasteiger charge is 2.07. The van der Waals surface area contributed by atoms with E-state index in [1.54, 1.807) is 24.3 Å². The number of halogens is 2. The Hall–Kier alpha value is -1.25. The molecule has 0 spiro atoms. The van der Waals surface area contributed by atoms with E-state index in [1.165, 1.54) is 6.26 Å². The quantitative estimate of drug-likeness (QED) is 0.742. The van der Waals surface area contributed by atoms with Gasteiger partial charge in [0.25, 0.3) is 0 Å². The third-order valence-electron chi connectivity index (χ3n) is 1.98. The predicted molar refractivity (Wildman–Crippen MR) is 59.6 cm³/mol. The number of aldehydes is 1. The summed E-state index contributed by atoms with van der Waals surface area (Å²) in [5, 5.41) is 1.15. The Balaban J connectivity index is 2.52. The molecule has 0 unspecified atom stereocenters. The third kappa shape index (κ3) is 2.06. The molecule has 1 aromatic carbocycles. The second-order valence-electron chi connectivity index (χ2n) is 2.98. The van der Waals surface area contributed by atoms with Crippen LogP contribution in [0.3, 0.4) is 0 Å². The average Bonchev–Trinajstić information content (AvgIpc) is 2.70. The van der Waals surface area contributed by atoms with Crippen LogP contribution in [0.25, 0.3) is 11.1 Å². The van der Waals surface area contributed by atoms with Crippen molar-refractivity contribution in [3.8, 4) is 11.1 Å². The van der Waals surface area contributed by atoms with Crippen LogP contribution in [0, 0.1) is 0 Å². The summed E-state index contributed by atoms with van der Waals surface area (Å²) in [5.41, 5.74) is 1.49. The van der Waals surface area contributed by atoms with Gasteiger partial charge in [-0.25, -0.2) is 0 Å². The van der Waals surface area contributed by atoms with Gasteiger partial charge in [0.05, 0.1) is 6.26 Å². The first kappa shape index (κ1) is 10.3. The van der Waals surface area contributed by atoms with E-state index < -0.39 is 0 Å². The van der Waals surface area contributed by atoms with Crippen molar-refractivity contribution < 1.29 is 9.21 Å². The Morgan fingerprint density at radius 2 is 2.00 bits per heavy atom. The first-order valence-electron chi connectivity index (χ1n) is 4.20. The van der Waals surface area contributed by atoms with E-state index in [1.807, 2.05) is 0 Å². The lowest BCUT2D eigenvalue weighted by Gasteiger charge is -2.00. The largest absolute Gasteiger partial charge is 0.461 e. The van der Waals surface area contributed by atoms with Crippen LogP contribution in [0.4, 0.5) is 0 Å². The lowest BCUT2D eigenvalue weighted by atomic mass is 10.1. The molecule has 0 aliphatic carbocycles. The van der Waals surface area contributed by atoms with Gasteiger partial charge in [-0.2, -0.15) is 0 Å². The van der Waals surface area contributed by atoms with Crippen molar-refractivity contribution in [2.24, 2.45) is 0 Å². The van der Waals surface area contributed by atoms with Crippen molar-refractivity contribution in [3.05, 3.63) is 46.3 Å². The molecule has 0 amide bonds. The van der Waals surface area contributed by atoms with Crippen LogP contribution in [0.1, 0.15) is 10.6 Å². The monoisotopic (exact) mass is 240 g/mol. The van der Waals surface area contributed by atoms with Gasteiger partial charge in [0.1, 0.15) is 0 Å². The molecular formula is C11H6Cl2O2. The van der Waals surface area contributed by atoms with E-state index in [0.29, 0.717) is 16.3 Å². The number of benzene rings is 1. The molecule has 76 valence electrons. The molecule has 2 nitrogen and oxygen atoms in total. The first-order valence-corrected chi connectivity index (χ1v) is 4.95. The maximum atomic E-state index is 10.5. The molecule has 2 aromatic rings. The second kappa shape index (κ2) is 4.09. The smallest absolute Gasteiger partial charge is 0.185 e. The minimum Gasteiger partial charge on any atom is -0.461 e. The highest BCUT2D eigenvalue weighted by Crippen LogP contribution is 2.31. The molecule has 0 aliphatic rings. The van der Waals surface area contributed by atoms with Crippen molar-refractivity contribution in [2.75, 3.05) is 0 Å². The van der Waals surface area contributed by atoms with E-state index in [2.05, 4.69) is 0 Å². The molecule has 0 N–H and O–H groups in total. The van der Waals surface area contributed by atoms with E-state index in [4.69, 9.17) is 27.6 Å². The minimum absolute atomic E-state index is 0.265. The zero-order valence-electron chi connectivity index (χ0n) is 7.54. The van der Waals surface area contributed by atoms with Crippen LogP contribution in [0.2, 0.25) is 10.0 Å². The molecule has 0 fully saturated rings. The van der Waals surface area contributed by atoms with Crippen molar-refractivity contribution >= 4 is 29.5 Å². The molecule has 1 heterocycles. The second-order valence-corrected chi connectivity index (χ2v) is 3.82. The van der Waals surface area contributed by atoms with Crippen LogP contribution in [0.15, 0.2) is 34.9 Å². The molecule has 0 atom stereocenters. The van der Waals surface area contributed by atoms with Gasteiger partial charge in [-0.15, -0.1) is 0 Å². The molecule has 0 bridgehead atoms. The maximum Gasteiger partial charge on any atom is 0.185 e. The van der Waals surface area contributed by atoms with Gasteiger partial charge in [0.2, 0.25) is 0 Å². The van der Waals surface area contributed by atoms with Gasteiger partial charge >= 0.3 is 0 Å². The van der Waals surface area contributed by atoms with Crippen LogP contribution < -0.4 is 0 Å². The van der Waals surface area contributed by atoms with E-state index in [9.17, 15) is 4.79 Å². The maximum absolute atomic E-state index is 10.5. The first-order chi connectivity index (χ1) is 7.20. The molecule has 0 aliphatic heterocycles. The number of furan rings is 1. The van der Waals surface area contributed by atoms with Gasteiger partial charge in [-0.05, 0) is 24.3 Å². The Kier molecular flexibility index (Phi) is 2.80. The van der Waals surface area contributed by atoms with Gasteiger partial charge in [-0.1, -0.05) is 23.2 Å². The number of carbonyl (C=O) groups is 1. The van der Waals surface area contributed by atoms with Crippen LogP contribution in [-0.4, -0.2) is 6.29 Å². The van der Waals surface area contributed by atoms with Crippen LogP contribution in [-0.2, 0) is 0 Å². The molecule has 0 radical (unpaired) electrons. The molecule has 2 rings (SSSR count). The summed E-state index contributed by atoms with van der Waals surface area (Å²) < 4.78 is 4.99. The molecule has 1 aromatic heterocycles. The lowest BCUT2D eigenvalue weighted by Crippen LogP contribution is -1.76. The molecule has 15 heavy (non-hydrogen) atoms. The number of hydrogen-bond acceptors (Lipinski definition) is 2. The topological polar surface area (TPSA) is 30.2 Å². The highest BCUT2D eigenvalue weighted by molar-refractivity contribution is 6.35. The Labute approximate surface area is 96.4 Å². The summed E-state index contributed by atoms with van der Waals surface area (Å²) in [6, 6.07) is 6.74. The Bertz CT molecular complexity index is 503. The predicted octanol–water partition coefficient (Wildman–Crippen LogP) is 4.07. The zero-order valence-corrected chi connectivity index (χ0v) is 9.05. The van der Waals surface area contributed by atoms with E-state index in [0.717, 1.165) is 11.1 Å². The van der Waals surface area contributed by atoms with Crippen molar-refractivity contribution in [3.63, 3.8) is 0 Å². The fraction of sp³-hybridized carbons (Fsp3) is 0. The fourth-order valence-corrected chi connectivity index (χ4v) is 1.67. The van der Waals surface area contributed by atoms with Crippen molar-refractivity contribution in [1.29, 1.82) is 0 Å². The van der Waals surface area contributed by atoms with E-state index >= 15 is 0 Å². The van der Waals surface area contributed by atoms with Crippen molar-refractivity contribution in [2.45, 2.75) is 0 Å². The summed E-state index contributed by atoms with van der Waals surface area (Å²) in [7, 11) is 0. The summed E-state index contributed by atoms with van der Waals surface area (Å²) in [5.74, 6) is 0.265. The number of hydrogen-bond donors (Lipinski definition) is 0. The van der Waals surface area contributed by atoms with E-state index in [-0.39, 0.29) is 5.76 Å². The third-order valence-corrected chi connectivity index (χ3v) is 2.54. The molecule has 0 saturated heterocycles. The van der Waals surface area contributed by atoms with Crippen molar-refractivity contribution in [1.82, 2.24) is 0 Å². The zero-order chi connectivity index (χ0) is 10.8. The fourth-order valence-electron chi connectivity index (χ4n) is 1.27.